The van der Waals surface area contributed by atoms with Crippen LogP contribution in [-0.2, 0) is 5.41 Å². The number of fused-ring (bicyclic) bond motifs is 9. The summed E-state index contributed by atoms with van der Waals surface area (Å²) < 4.78 is 4.95. The van der Waals surface area contributed by atoms with Crippen LogP contribution in [0.1, 0.15) is 25.1 Å². The summed E-state index contributed by atoms with van der Waals surface area (Å²) in [6.07, 6.45) is 0. The first kappa shape index (κ1) is 17.0. The van der Waals surface area contributed by atoms with Crippen LogP contribution in [0.5, 0.6) is 0 Å². The predicted molar refractivity (Wildman–Crippen MR) is 130 cm³/mol. The van der Waals surface area contributed by atoms with E-state index in [9.17, 15) is 0 Å². The van der Waals surface area contributed by atoms with E-state index in [4.69, 9.17) is 0 Å². The highest BCUT2D eigenvalue weighted by molar-refractivity contribution is 6.13. The average Bonchev–Trinajstić information content (AvgIpc) is 3.42. The Labute approximate surface area is 181 Å². The second kappa shape index (κ2) is 5.67. The molecular weight excluding hydrogens is 376 g/mol. The molecule has 0 bridgehead atoms. The quantitative estimate of drug-likeness (QED) is 0.274. The molecule has 0 fully saturated rings. The maximum Gasteiger partial charge on any atom is 0.0785 e. The van der Waals surface area contributed by atoms with Gasteiger partial charge in [-0.3, -0.25) is 0 Å². The van der Waals surface area contributed by atoms with Crippen LogP contribution in [-0.4, -0.2) is 9.13 Å². The second-order valence-electron chi connectivity index (χ2n) is 9.09. The highest BCUT2D eigenvalue weighted by atomic mass is 15.1. The third-order valence-electron chi connectivity index (χ3n) is 7.07. The SMILES string of the molecule is CC1(C)c2ccc3c4ccccc4n(-c4ccccc4)c3c2-n2c1cc1ccccc12. The molecule has 0 amide bonds. The maximum atomic E-state index is 2.51. The number of benzene rings is 4. The van der Waals surface area contributed by atoms with Crippen molar-refractivity contribution in [3.63, 3.8) is 0 Å². The lowest BCUT2D eigenvalue weighted by atomic mass is 9.83. The van der Waals surface area contributed by atoms with Crippen molar-refractivity contribution in [3.8, 4) is 11.4 Å². The first-order valence-corrected chi connectivity index (χ1v) is 10.9. The summed E-state index contributed by atoms with van der Waals surface area (Å²) >= 11 is 0. The molecule has 4 aromatic carbocycles. The molecule has 2 aromatic heterocycles. The van der Waals surface area contributed by atoms with Crippen LogP contribution in [0.4, 0.5) is 0 Å². The molecule has 0 spiro atoms. The molecule has 0 radical (unpaired) electrons. The molecule has 2 nitrogen and oxygen atoms in total. The molecule has 148 valence electrons. The lowest BCUT2D eigenvalue weighted by molar-refractivity contribution is 0.645. The molecule has 6 aromatic rings. The van der Waals surface area contributed by atoms with E-state index in [1.807, 2.05) is 0 Å². The highest BCUT2D eigenvalue weighted by Gasteiger charge is 2.39. The number of nitrogens with zero attached hydrogens (tertiary/aromatic N) is 2. The summed E-state index contributed by atoms with van der Waals surface area (Å²) in [6.45, 7) is 4.70. The molecule has 31 heavy (non-hydrogen) atoms. The van der Waals surface area contributed by atoms with Gasteiger partial charge in [-0.1, -0.05) is 80.6 Å². The minimum Gasteiger partial charge on any atom is -0.310 e. The maximum absolute atomic E-state index is 2.51. The van der Waals surface area contributed by atoms with Gasteiger partial charge < -0.3 is 9.13 Å². The normalized spacial score (nSPS) is 14.4. The molecule has 1 aliphatic rings. The van der Waals surface area contributed by atoms with Gasteiger partial charge in [-0.25, -0.2) is 0 Å². The van der Waals surface area contributed by atoms with Gasteiger partial charge in [0.05, 0.1) is 22.2 Å². The van der Waals surface area contributed by atoms with E-state index in [1.54, 1.807) is 0 Å². The predicted octanol–water partition coefficient (Wildman–Crippen LogP) is 7.37. The largest absolute Gasteiger partial charge is 0.310 e. The Hall–Kier alpha value is -3.78. The van der Waals surface area contributed by atoms with E-state index in [2.05, 4.69) is 120 Å². The van der Waals surface area contributed by atoms with Crippen molar-refractivity contribution in [2.24, 2.45) is 0 Å². The van der Waals surface area contributed by atoms with Crippen LogP contribution in [0.2, 0.25) is 0 Å². The minimum atomic E-state index is -0.0550. The van der Waals surface area contributed by atoms with Crippen LogP contribution >= 0.6 is 0 Å². The van der Waals surface area contributed by atoms with Crippen molar-refractivity contribution in [2.75, 3.05) is 0 Å². The standard InChI is InChI=1S/C29H22N2/c1-29(2)23-17-16-22-21-13-7-9-15-25(21)30(20-11-4-3-5-12-20)27(22)28(23)31-24-14-8-6-10-19(24)18-26(29)31/h3-18H,1-2H3. The molecule has 7 rings (SSSR count). The zero-order valence-electron chi connectivity index (χ0n) is 17.6. The van der Waals surface area contributed by atoms with Gasteiger partial charge in [-0.15, -0.1) is 0 Å². The van der Waals surface area contributed by atoms with Crippen molar-refractivity contribution in [2.45, 2.75) is 19.3 Å². The Morgan fingerprint density at radius 1 is 0.613 bits per heavy atom. The van der Waals surface area contributed by atoms with Crippen molar-refractivity contribution in [1.82, 2.24) is 9.13 Å². The van der Waals surface area contributed by atoms with E-state index in [-0.39, 0.29) is 5.41 Å². The Bertz CT molecular complexity index is 1650. The molecule has 0 saturated carbocycles. The Morgan fingerprint density at radius 3 is 2.16 bits per heavy atom. The lowest BCUT2D eigenvalue weighted by Gasteiger charge is -2.19. The second-order valence-corrected chi connectivity index (χ2v) is 9.09. The molecule has 0 aliphatic carbocycles. The van der Waals surface area contributed by atoms with Gasteiger partial charge in [-0.05, 0) is 35.9 Å². The van der Waals surface area contributed by atoms with Crippen LogP contribution in [0.25, 0.3) is 44.1 Å². The van der Waals surface area contributed by atoms with E-state index in [0.717, 1.165) is 0 Å². The monoisotopic (exact) mass is 398 g/mol. The van der Waals surface area contributed by atoms with Crippen molar-refractivity contribution < 1.29 is 0 Å². The van der Waals surface area contributed by atoms with Crippen molar-refractivity contribution in [1.29, 1.82) is 0 Å². The first-order valence-electron chi connectivity index (χ1n) is 10.9. The average molecular weight is 399 g/mol. The Balaban J connectivity index is 1.76. The number of rotatable bonds is 1. The molecule has 0 unspecified atom stereocenters. The zero-order chi connectivity index (χ0) is 20.7. The van der Waals surface area contributed by atoms with Gasteiger partial charge in [0, 0.05) is 33.0 Å². The first-order chi connectivity index (χ1) is 15.2. The summed E-state index contributed by atoms with van der Waals surface area (Å²) in [7, 11) is 0. The smallest absolute Gasteiger partial charge is 0.0785 e. The fourth-order valence-corrected chi connectivity index (χ4v) is 5.61. The molecule has 3 heterocycles. The Kier molecular flexibility index (Phi) is 3.10. The van der Waals surface area contributed by atoms with Gasteiger partial charge >= 0.3 is 0 Å². The summed E-state index contributed by atoms with van der Waals surface area (Å²) in [5.74, 6) is 0. The van der Waals surface area contributed by atoms with Gasteiger partial charge in [-0.2, -0.15) is 0 Å². The molecular formula is C29H22N2. The number of aromatic nitrogens is 2. The Morgan fingerprint density at radius 2 is 1.32 bits per heavy atom. The number of hydrogen-bond donors (Lipinski definition) is 0. The summed E-state index contributed by atoms with van der Waals surface area (Å²) in [6, 6.07) is 35.3. The fraction of sp³-hybridized carbons (Fsp3) is 0.103. The van der Waals surface area contributed by atoms with Gasteiger partial charge in [0.15, 0.2) is 0 Å². The van der Waals surface area contributed by atoms with E-state index >= 15 is 0 Å². The van der Waals surface area contributed by atoms with Crippen molar-refractivity contribution in [3.05, 3.63) is 108 Å². The fourth-order valence-electron chi connectivity index (χ4n) is 5.61. The molecule has 2 heteroatoms. The number of para-hydroxylation sites is 3. The van der Waals surface area contributed by atoms with Gasteiger partial charge in [0.2, 0.25) is 0 Å². The third-order valence-corrected chi connectivity index (χ3v) is 7.07. The highest BCUT2D eigenvalue weighted by Crippen LogP contribution is 2.50. The summed E-state index contributed by atoms with van der Waals surface area (Å²) in [4.78, 5) is 0. The minimum absolute atomic E-state index is 0.0550. The van der Waals surface area contributed by atoms with Gasteiger partial charge in [0.1, 0.15) is 0 Å². The van der Waals surface area contributed by atoms with Crippen LogP contribution in [0, 0.1) is 0 Å². The van der Waals surface area contributed by atoms with Gasteiger partial charge in [0.25, 0.3) is 0 Å². The van der Waals surface area contributed by atoms with E-state index in [0.29, 0.717) is 0 Å². The molecule has 0 saturated heterocycles. The molecule has 0 N–H and O–H groups in total. The zero-order valence-corrected chi connectivity index (χ0v) is 17.6. The van der Waals surface area contributed by atoms with Crippen molar-refractivity contribution >= 4 is 32.7 Å². The summed E-state index contributed by atoms with van der Waals surface area (Å²) in [5.41, 5.74) is 9.03. The van der Waals surface area contributed by atoms with Crippen LogP contribution in [0.3, 0.4) is 0 Å². The van der Waals surface area contributed by atoms with Crippen LogP contribution in [0.15, 0.2) is 97.1 Å². The van der Waals surface area contributed by atoms with Crippen LogP contribution < -0.4 is 0 Å². The lowest BCUT2D eigenvalue weighted by Crippen LogP contribution is -2.14. The number of hydrogen-bond acceptors (Lipinski definition) is 0. The molecule has 0 atom stereocenters. The summed E-state index contributed by atoms with van der Waals surface area (Å²) in [5, 5.41) is 3.90. The molecule has 1 aliphatic heterocycles. The van der Waals surface area contributed by atoms with E-state index in [1.165, 1.54) is 55.3 Å². The van der Waals surface area contributed by atoms with E-state index < -0.39 is 0 Å². The topological polar surface area (TPSA) is 9.86 Å². The third kappa shape index (κ3) is 2.02.